The molecule has 8 nitrogen and oxygen atoms in total. The van der Waals surface area contributed by atoms with E-state index in [9.17, 15) is 14.4 Å². The lowest BCUT2D eigenvalue weighted by atomic mass is 10.2. The fourth-order valence-corrected chi connectivity index (χ4v) is 4.97. The van der Waals surface area contributed by atoms with Gasteiger partial charge in [0.1, 0.15) is 33.1 Å². The van der Waals surface area contributed by atoms with Crippen LogP contribution in [0.5, 0.6) is 0 Å². The Bertz CT molecular complexity index is 1310. The van der Waals surface area contributed by atoms with Crippen molar-refractivity contribution >= 4 is 45.1 Å². The summed E-state index contributed by atoms with van der Waals surface area (Å²) < 4.78 is 19.9. The molecule has 0 saturated carbocycles. The second-order valence-corrected chi connectivity index (χ2v) is 8.24. The number of ether oxygens (including phenoxy) is 1. The van der Waals surface area contributed by atoms with Crippen molar-refractivity contribution < 1.29 is 13.9 Å². The molecule has 0 saturated heterocycles. The van der Waals surface area contributed by atoms with Gasteiger partial charge in [0.15, 0.2) is 5.65 Å². The maximum Gasteiger partial charge on any atom is 0.348 e. The minimum atomic E-state index is -0.506. The lowest BCUT2D eigenvalue weighted by molar-refractivity contribution is 0.0531. The maximum absolute atomic E-state index is 13.2. The Kier molecular flexibility index (Phi) is 5.83. The molecule has 4 rings (SSSR count). The van der Waals surface area contributed by atoms with Crippen LogP contribution in [0.2, 0.25) is 0 Å². The van der Waals surface area contributed by atoms with E-state index in [0.29, 0.717) is 37.9 Å². The van der Waals surface area contributed by atoms with E-state index in [2.05, 4.69) is 21.1 Å². The van der Waals surface area contributed by atoms with Gasteiger partial charge in [-0.3, -0.25) is 0 Å². The van der Waals surface area contributed by atoms with Crippen LogP contribution in [0.4, 0.5) is 9.39 Å². The molecule has 31 heavy (non-hydrogen) atoms. The number of aromatic nitrogens is 4. The van der Waals surface area contributed by atoms with E-state index in [4.69, 9.17) is 10.5 Å². The van der Waals surface area contributed by atoms with E-state index in [0.717, 1.165) is 11.3 Å². The number of fused-ring (bicyclic) bond motifs is 1. The predicted molar refractivity (Wildman–Crippen MR) is 116 cm³/mol. The van der Waals surface area contributed by atoms with Crippen LogP contribution in [0.1, 0.15) is 27.7 Å². The van der Waals surface area contributed by atoms with Gasteiger partial charge < -0.3 is 10.5 Å². The van der Waals surface area contributed by atoms with Crippen LogP contribution in [-0.4, -0.2) is 32.3 Å². The summed E-state index contributed by atoms with van der Waals surface area (Å²) in [5.74, 6) is -0.557. The molecule has 0 fully saturated rings. The quantitative estimate of drug-likeness (QED) is 0.264. The van der Waals surface area contributed by atoms with E-state index in [1.807, 2.05) is 0 Å². The van der Waals surface area contributed by atoms with Crippen LogP contribution in [0.3, 0.4) is 0 Å². The standard InChI is InChI=1S/C20H15FN6O2S2/c1-2-29-20(28)16-15(13(7-22)17(23)31-16)9-30-19-14-8-26-27(18(14)24-10-25-19)12-5-3-11(21)4-6-12/h3-6,8,10H,2,9,23H2,1H3. The molecule has 3 heterocycles. The van der Waals surface area contributed by atoms with Gasteiger partial charge in [-0.05, 0) is 31.2 Å². The Morgan fingerprint density at radius 3 is 2.84 bits per heavy atom. The van der Waals surface area contributed by atoms with Gasteiger partial charge in [-0.15, -0.1) is 23.1 Å². The van der Waals surface area contributed by atoms with Gasteiger partial charge >= 0.3 is 5.97 Å². The summed E-state index contributed by atoms with van der Waals surface area (Å²) in [6.07, 6.45) is 3.03. The molecule has 0 amide bonds. The molecular formula is C20H15FN6O2S2. The SMILES string of the molecule is CCOC(=O)c1sc(N)c(C#N)c1CSc1ncnc2c1cnn2-c1ccc(F)cc1. The molecule has 0 atom stereocenters. The third kappa shape index (κ3) is 3.95. The number of thiophene rings is 1. The first-order valence-electron chi connectivity index (χ1n) is 9.09. The molecule has 0 aliphatic rings. The van der Waals surface area contributed by atoms with E-state index in [1.165, 1.54) is 30.2 Å². The minimum absolute atomic E-state index is 0.222. The lowest BCUT2D eigenvalue weighted by Crippen LogP contribution is -2.05. The van der Waals surface area contributed by atoms with Crippen molar-refractivity contribution in [3.63, 3.8) is 0 Å². The molecule has 0 aliphatic carbocycles. The molecule has 1 aromatic carbocycles. The summed E-state index contributed by atoms with van der Waals surface area (Å²) in [6, 6.07) is 7.98. The first kappa shape index (κ1) is 20.8. The summed E-state index contributed by atoms with van der Waals surface area (Å²) in [5.41, 5.74) is 7.94. The molecule has 0 unspecified atom stereocenters. The van der Waals surface area contributed by atoms with Crippen LogP contribution in [0.15, 0.2) is 41.8 Å². The average Bonchev–Trinajstić information content (AvgIpc) is 3.34. The molecule has 11 heteroatoms. The number of thioether (sulfide) groups is 1. The van der Waals surface area contributed by atoms with Gasteiger partial charge in [-0.25, -0.2) is 23.8 Å². The Morgan fingerprint density at radius 1 is 1.35 bits per heavy atom. The highest BCUT2D eigenvalue weighted by molar-refractivity contribution is 7.98. The fraction of sp³-hybridized carbons (Fsp3) is 0.150. The lowest BCUT2D eigenvalue weighted by Gasteiger charge is -2.06. The van der Waals surface area contributed by atoms with Gasteiger partial charge in [0.25, 0.3) is 0 Å². The van der Waals surface area contributed by atoms with Crippen molar-refractivity contribution in [1.82, 2.24) is 19.7 Å². The number of anilines is 1. The first-order chi connectivity index (χ1) is 15.0. The number of nitrogens with two attached hydrogens (primary N) is 1. The number of carbonyl (C=O) groups excluding carboxylic acids is 1. The third-order valence-corrected chi connectivity index (χ3v) is 6.43. The molecule has 0 spiro atoms. The van der Waals surface area contributed by atoms with Crippen molar-refractivity contribution in [2.45, 2.75) is 17.7 Å². The van der Waals surface area contributed by atoms with Crippen LogP contribution in [0, 0.1) is 17.1 Å². The third-order valence-electron chi connectivity index (χ3n) is 4.36. The van der Waals surface area contributed by atoms with Crippen LogP contribution in [-0.2, 0) is 10.5 Å². The van der Waals surface area contributed by atoms with Gasteiger partial charge in [-0.2, -0.15) is 10.4 Å². The molecule has 2 N–H and O–H groups in total. The summed E-state index contributed by atoms with van der Waals surface area (Å²) >= 11 is 2.38. The molecule has 156 valence electrons. The zero-order valence-corrected chi connectivity index (χ0v) is 17.8. The Hall–Kier alpha value is -3.49. The number of nitrogens with zero attached hydrogens (tertiary/aromatic N) is 5. The molecule has 0 bridgehead atoms. The first-order valence-corrected chi connectivity index (χ1v) is 10.9. The van der Waals surface area contributed by atoms with Gasteiger partial charge in [0.2, 0.25) is 0 Å². The normalized spacial score (nSPS) is 10.9. The van der Waals surface area contributed by atoms with Crippen LogP contribution >= 0.6 is 23.1 Å². The Labute approximate surface area is 184 Å². The van der Waals surface area contributed by atoms with Gasteiger partial charge in [0.05, 0.1) is 29.4 Å². The van der Waals surface area contributed by atoms with Gasteiger partial charge in [0, 0.05) is 11.3 Å². The Balaban J connectivity index is 1.67. The monoisotopic (exact) mass is 454 g/mol. The van der Waals surface area contributed by atoms with Crippen LogP contribution in [0.25, 0.3) is 16.7 Å². The van der Waals surface area contributed by atoms with Crippen molar-refractivity contribution in [2.24, 2.45) is 0 Å². The summed E-state index contributed by atoms with van der Waals surface area (Å²) in [5, 5.41) is 15.4. The summed E-state index contributed by atoms with van der Waals surface area (Å²) in [6.45, 7) is 1.94. The second-order valence-electron chi connectivity index (χ2n) is 6.22. The fourth-order valence-electron chi connectivity index (χ4n) is 2.96. The zero-order chi connectivity index (χ0) is 22.0. The second kappa shape index (κ2) is 8.71. The highest BCUT2D eigenvalue weighted by atomic mass is 32.2. The topological polar surface area (TPSA) is 120 Å². The number of rotatable bonds is 6. The predicted octanol–water partition coefficient (Wildman–Crippen LogP) is 3.94. The van der Waals surface area contributed by atoms with E-state index in [1.54, 1.807) is 29.9 Å². The number of nitriles is 1. The van der Waals surface area contributed by atoms with E-state index in [-0.39, 0.29) is 23.0 Å². The molecule has 4 aromatic rings. The van der Waals surface area contributed by atoms with Crippen LogP contribution < -0.4 is 5.73 Å². The molecule has 0 aliphatic heterocycles. The minimum Gasteiger partial charge on any atom is -0.462 e. The number of halogens is 1. The number of hydrogen-bond acceptors (Lipinski definition) is 9. The van der Waals surface area contributed by atoms with Crippen molar-refractivity contribution in [2.75, 3.05) is 12.3 Å². The molecule has 3 aromatic heterocycles. The highest BCUT2D eigenvalue weighted by Gasteiger charge is 2.23. The molecule has 0 radical (unpaired) electrons. The van der Waals surface area contributed by atoms with E-state index < -0.39 is 5.97 Å². The Morgan fingerprint density at radius 2 is 2.13 bits per heavy atom. The number of benzene rings is 1. The van der Waals surface area contributed by atoms with E-state index >= 15 is 0 Å². The molecular weight excluding hydrogens is 439 g/mol. The zero-order valence-electron chi connectivity index (χ0n) is 16.2. The van der Waals surface area contributed by atoms with Crippen molar-refractivity contribution in [3.8, 4) is 11.8 Å². The highest BCUT2D eigenvalue weighted by Crippen LogP contribution is 2.36. The maximum atomic E-state index is 13.2. The summed E-state index contributed by atoms with van der Waals surface area (Å²) in [4.78, 5) is 21.2. The number of esters is 1. The number of hydrogen-bond donors (Lipinski definition) is 1. The number of carbonyl (C=O) groups is 1. The number of nitrogen functional groups attached to an aromatic ring is 1. The summed E-state index contributed by atoms with van der Waals surface area (Å²) in [7, 11) is 0. The average molecular weight is 455 g/mol. The van der Waals surface area contributed by atoms with Crippen molar-refractivity contribution in [3.05, 3.63) is 58.6 Å². The largest absolute Gasteiger partial charge is 0.462 e. The smallest absolute Gasteiger partial charge is 0.348 e. The van der Waals surface area contributed by atoms with Gasteiger partial charge in [-0.1, -0.05) is 0 Å². The van der Waals surface area contributed by atoms with Crippen molar-refractivity contribution in [1.29, 1.82) is 5.26 Å².